The first-order valence-corrected chi connectivity index (χ1v) is 8.08. The zero-order chi connectivity index (χ0) is 16.8. The number of carbonyl (C=O) groups is 1. The lowest BCUT2D eigenvalue weighted by atomic mass is 9.96. The van der Waals surface area contributed by atoms with Crippen LogP contribution in [0.3, 0.4) is 0 Å². The molecule has 0 saturated carbocycles. The highest BCUT2D eigenvalue weighted by Crippen LogP contribution is 2.27. The molecular weight excluding hydrogens is 310 g/mol. The van der Waals surface area contributed by atoms with Gasteiger partial charge in [0.15, 0.2) is 5.82 Å². The minimum atomic E-state index is -0.00355. The average molecular weight is 331 g/mol. The number of hydrogen-bond acceptors (Lipinski definition) is 6. The predicted octanol–water partition coefficient (Wildman–Crippen LogP) is 2.27. The predicted molar refractivity (Wildman–Crippen MR) is 86.2 cm³/mol. The van der Waals surface area contributed by atoms with E-state index >= 15 is 0 Å². The minimum Gasteiger partial charge on any atom is -0.465 e. The van der Waals surface area contributed by atoms with Crippen molar-refractivity contribution in [2.75, 3.05) is 26.8 Å². The van der Waals surface area contributed by atoms with Crippen LogP contribution >= 0.6 is 0 Å². The molecule has 0 bridgehead atoms. The molecule has 0 radical (unpaired) electrons. The quantitative estimate of drug-likeness (QED) is 0.755. The first kappa shape index (κ1) is 16.4. The fraction of sp³-hybridized carbons (Fsp3) is 0.471. The van der Waals surface area contributed by atoms with Gasteiger partial charge in [0, 0.05) is 38.6 Å². The van der Waals surface area contributed by atoms with E-state index in [2.05, 4.69) is 10.1 Å². The van der Waals surface area contributed by atoms with E-state index in [1.807, 2.05) is 11.0 Å². The zero-order valence-corrected chi connectivity index (χ0v) is 13.7. The van der Waals surface area contributed by atoms with E-state index < -0.39 is 0 Å². The maximum Gasteiger partial charge on any atom is 0.246 e. The van der Waals surface area contributed by atoms with E-state index in [1.54, 1.807) is 31.6 Å². The fourth-order valence-corrected chi connectivity index (χ4v) is 2.72. The van der Waals surface area contributed by atoms with Gasteiger partial charge in [-0.1, -0.05) is 5.16 Å². The number of amides is 1. The molecule has 0 N–H and O–H groups in total. The van der Waals surface area contributed by atoms with Gasteiger partial charge in [0.1, 0.15) is 5.76 Å². The lowest BCUT2D eigenvalue weighted by molar-refractivity contribution is -0.127. The molecule has 1 aliphatic rings. The van der Waals surface area contributed by atoms with Crippen LogP contribution in [-0.2, 0) is 16.0 Å². The van der Waals surface area contributed by atoms with Crippen molar-refractivity contribution in [1.82, 2.24) is 15.0 Å². The molecule has 0 aliphatic carbocycles. The number of likely N-dealkylation sites (tertiary alicyclic amines) is 1. The molecule has 7 nitrogen and oxygen atoms in total. The third kappa shape index (κ3) is 4.11. The molecule has 1 aliphatic heterocycles. The summed E-state index contributed by atoms with van der Waals surface area (Å²) in [5.41, 5.74) is 0. The van der Waals surface area contributed by atoms with Crippen molar-refractivity contribution in [2.24, 2.45) is 0 Å². The van der Waals surface area contributed by atoms with Crippen molar-refractivity contribution >= 4 is 12.0 Å². The van der Waals surface area contributed by atoms with Crippen molar-refractivity contribution in [3.63, 3.8) is 0 Å². The van der Waals surface area contributed by atoms with Crippen LogP contribution in [-0.4, -0.2) is 47.8 Å². The van der Waals surface area contributed by atoms with Crippen molar-refractivity contribution < 1.29 is 18.5 Å². The maximum absolute atomic E-state index is 12.2. The first-order valence-electron chi connectivity index (χ1n) is 8.08. The van der Waals surface area contributed by atoms with Gasteiger partial charge in [-0.25, -0.2) is 0 Å². The summed E-state index contributed by atoms with van der Waals surface area (Å²) in [7, 11) is 1.65. The molecule has 1 saturated heterocycles. The minimum absolute atomic E-state index is 0.00355. The largest absolute Gasteiger partial charge is 0.465 e. The van der Waals surface area contributed by atoms with E-state index in [9.17, 15) is 4.79 Å². The Hall–Kier alpha value is -2.41. The van der Waals surface area contributed by atoms with Crippen LogP contribution in [0, 0.1) is 0 Å². The Labute approximate surface area is 140 Å². The number of aromatic nitrogens is 2. The maximum atomic E-state index is 12.2. The van der Waals surface area contributed by atoms with Crippen molar-refractivity contribution in [3.8, 4) is 0 Å². The second-order valence-electron chi connectivity index (χ2n) is 5.74. The topological polar surface area (TPSA) is 81.6 Å². The van der Waals surface area contributed by atoms with Crippen LogP contribution in [0.15, 0.2) is 33.4 Å². The van der Waals surface area contributed by atoms with Crippen LogP contribution in [0.2, 0.25) is 0 Å². The van der Waals surface area contributed by atoms with Crippen LogP contribution in [0.4, 0.5) is 0 Å². The standard InChI is InChI=1S/C17H21N3O4/c1-22-12-8-15-18-17(24-19-15)13-6-9-20(10-7-13)16(21)5-4-14-3-2-11-23-14/h2-5,11,13H,6-10,12H2,1H3. The highest BCUT2D eigenvalue weighted by Gasteiger charge is 2.26. The summed E-state index contributed by atoms with van der Waals surface area (Å²) in [5.74, 6) is 2.22. The van der Waals surface area contributed by atoms with Gasteiger partial charge in [0.25, 0.3) is 0 Å². The number of piperidine rings is 1. The molecule has 7 heteroatoms. The molecule has 3 heterocycles. The number of methoxy groups -OCH3 is 1. The summed E-state index contributed by atoms with van der Waals surface area (Å²) < 4.78 is 15.5. The molecule has 1 amide bonds. The SMILES string of the molecule is COCCc1noc(C2CCN(C(=O)C=Cc3ccco3)CC2)n1. The molecular formula is C17H21N3O4. The molecule has 0 spiro atoms. The summed E-state index contributed by atoms with van der Waals surface area (Å²) in [5, 5.41) is 3.97. The summed E-state index contributed by atoms with van der Waals surface area (Å²) in [6.45, 7) is 1.94. The zero-order valence-electron chi connectivity index (χ0n) is 13.7. The summed E-state index contributed by atoms with van der Waals surface area (Å²) in [6.07, 6.45) is 7.12. The lowest BCUT2D eigenvalue weighted by Crippen LogP contribution is -2.36. The summed E-state index contributed by atoms with van der Waals surface area (Å²) in [4.78, 5) is 18.4. The molecule has 3 rings (SSSR count). The number of carbonyl (C=O) groups excluding carboxylic acids is 1. The van der Waals surface area contributed by atoms with Gasteiger partial charge in [-0.3, -0.25) is 4.79 Å². The number of hydrogen-bond donors (Lipinski definition) is 0. The third-order valence-corrected chi connectivity index (χ3v) is 4.10. The van der Waals surface area contributed by atoms with Gasteiger partial charge in [0.05, 0.1) is 12.9 Å². The van der Waals surface area contributed by atoms with E-state index in [1.165, 1.54) is 0 Å². The van der Waals surface area contributed by atoms with Crippen molar-refractivity contribution in [1.29, 1.82) is 0 Å². The monoisotopic (exact) mass is 331 g/mol. The van der Waals surface area contributed by atoms with Crippen molar-refractivity contribution in [2.45, 2.75) is 25.2 Å². The molecule has 2 aromatic heterocycles. The van der Waals surface area contributed by atoms with Crippen LogP contribution < -0.4 is 0 Å². The Morgan fingerprint density at radius 3 is 3.00 bits per heavy atom. The molecule has 0 aromatic carbocycles. The Balaban J connectivity index is 1.50. The van der Waals surface area contributed by atoms with E-state index in [-0.39, 0.29) is 11.8 Å². The van der Waals surface area contributed by atoms with E-state index in [4.69, 9.17) is 13.7 Å². The van der Waals surface area contributed by atoms with Gasteiger partial charge in [-0.15, -0.1) is 0 Å². The van der Waals surface area contributed by atoms with E-state index in [0.29, 0.717) is 43.6 Å². The van der Waals surface area contributed by atoms with Crippen LogP contribution in [0.5, 0.6) is 0 Å². The molecule has 24 heavy (non-hydrogen) atoms. The second-order valence-corrected chi connectivity index (χ2v) is 5.74. The average Bonchev–Trinajstić information content (AvgIpc) is 3.30. The normalized spacial score (nSPS) is 16.1. The number of furan rings is 1. The molecule has 0 unspecified atom stereocenters. The molecule has 2 aromatic rings. The summed E-state index contributed by atoms with van der Waals surface area (Å²) >= 11 is 0. The highest BCUT2D eigenvalue weighted by atomic mass is 16.5. The van der Waals surface area contributed by atoms with E-state index in [0.717, 1.165) is 12.8 Å². The Bertz CT molecular complexity index is 670. The second kappa shape index (κ2) is 7.92. The Morgan fingerprint density at radius 2 is 2.29 bits per heavy atom. The smallest absolute Gasteiger partial charge is 0.246 e. The van der Waals surface area contributed by atoms with Gasteiger partial charge in [0.2, 0.25) is 11.8 Å². The third-order valence-electron chi connectivity index (χ3n) is 4.10. The summed E-state index contributed by atoms with van der Waals surface area (Å²) in [6, 6.07) is 3.60. The van der Waals surface area contributed by atoms with Crippen molar-refractivity contribution in [3.05, 3.63) is 41.9 Å². The number of rotatable bonds is 6. The molecule has 1 fully saturated rings. The Morgan fingerprint density at radius 1 is 1.46 bits per heavy atom. The fourth-order valence-electron chi connectivity index (χ4n) is 2.72. The molecule has 128 valence electrons. The highest BCUT2D eigenvalue weighted by molar-refractivity contribution is 5.91. The molecule has 0 atom stereocenters. The first-order chi connectivity index (χ1) is 11.8. The van der Waals surface area contributed by atoms with Gasteiger partial charge < -0.3 is 18.6 Å². The van der Waals surface area contributed by atoms with Gasteiger partial charge in [-0.05, 0) is 31.1 Å². The Kier molecular flexibility index (Phi) is 5.43. The lowest BCUT2D eigenvalue weighted by Gasteiger charge is -2.29. The number of nitrogens with zero attached hydrogens (tertiary/aromatic N) is 3. The van der Waals surface area contributed by atoms with Gasteiger partial charge in [-0.2, -0.15) is 4.98 Å². The number of ether oxygens (including phenoxy) is 1. The van der Waals surface area contributed by atoms with Gasteiger partial charge >= 0.3 is 0 Å². The van der Waals surface area contributed by atoms with Crippen LogP contribution in [0.1, 0.15) is 36.2 Å². The van der Waals surface area contributed by atoms with Crippen LogP contribution in [0.25, 0.3) is 6.08 Å².